The van der Waals surface area contributed by atoms with Gasteiger partial charge in [-0.15, -0.1) is 0 Å². The van der Waals surface area contributed by atoms with Crippen LogP contribution in [0.1, 0.15) is 28.8 Å². The zero-order valence-electron chi connectivity index (χ0n) is 8.21. The Kier molecular flexibility index (Phi) is 1.67. The molecule has 5 heteroatoms. The number of anilines is 1. The summed E-state index contributed by atoms with van der Waals surface area (Å²) in [5, 5.41) is 12.0. The van der Waals surface area contributed by atoms with Gasteiger partial charge in [-0.1, -0.05) is 11.6 Å². The molecule has 16 heavy (non-hydrogen) atoms. The average Bonchev–Trinajstić information content (AvgIpc) is 2.95. The lowest BCUT2D eigenvalue weighted by atomic mass is 9.96. The van der Waals surface area contributed by atoms with Crippen molar-refractivity contribution in [3.8, 4) is 0 Å². The number of aromatic carboxylic acids is 1. The molecule has 1 aliphatic carbocycles. The molecule has 0 aromatic heterocycles. The van der Waals surface area contributed by atoms with Gasteiger partial charge in [-0.2, -0.15) is 0 Å². The van der Waals surface area contributed by atoms with Crippen molar-refractivity contribution >= 4 is 29.2 Å². The molecule has 1 saturated carbocycles. The van der Waals surface area contributed by atoms with Gasteiger partial charge in [-0.3, -0.25) is 4.79 Å². The molecule has 3 rings (SSSR count). The van der Waals surface area contributed by atoms with Crippen LogP contribution in [0.15, 0.2) is 12.1 Å². The molecular formula is C11H8ClNO3. The van der Waals surface area contributed by atoms with E-state index in [1.165, 1.54) is 6.07 Å². The lowest BCUT2D eigenvalue weighted by molar-refractivity contribution is -0.117. The molecule has 1 aliphatic heterocycles. The molecule has 1 fully saturated rings. The number of amides is 1. The van der Waals surface area contributed by atoms with E-state index in [0.29, 0.717) is 10.7 Å². The first-order valence-corrected chi connectivity index (χ1v) is 5.31. The molecule has 1 aromatic carbocycles. The minimum Gasteiger partial charge on any atom is -0.478 e. The fourth-order valence-electron chi connectivity index (χ4n) is 2.26. The van der Waals surface area contributed by atoms with Crippen LogP contribution in [0.2, 0.25) is 5.02 Å². The topological polar surface area (TPSA) is 66.4 Å². The molecule has 0 saturated heterocycles. The highest BCUT2D eigenvalue weighted by Gasteiger charge is 2.57. The SMILES string of the molecule is O=C(O)c1cc(Cl)cc2c1NC(=O)C21CC1. The third kappa shape index (κ3) is 1.05. The first-order chi connectivity index (χ1) is 7.54. The van der Waals surface area contributed by atoms with Crippen molar-refractivity contribution in [2.45, 2.75) is 18.3 Å². The number of fused-ring (bicyclic) bond motifs is 2. The van der Waals surface area contributed by atoms with E-state index in [1.54, 1.807) is 6.07 Å². The number of carboxylic acids is 1. The average molecular weight is 238 g/mol. The quantitative estimate of drug-likeness (QED) is 0.785. The first kappa shape index (κ1) is 9.66. The maximum absolute atomic E-state index is 11.8. The fraction of sp³-hybridized carbons (Fsp3) is 0.273. The molecular weight excluding hydrogens is 230 g/mol. The smallest absolute Gasteiger partial charge is 0.337 e. The summed E-state index contributed by atoms with van der Waals surface area (Å²) in [4.78, 5) is 22.8. The van der Waals surface area contributed by atoms with E-state index in [-0.39, 0.29) is 11.5 Å². The summed E-state index contributed by atoms with van der Waals surface area (Å²) in [7, 11) is 0. The van der Waals surface area contributed by atoms with Gasteiger partial charge in [0.1, 0.15) is 0 Å². The minimum atomic E-state index is -1.07. The predicted octanol–water partition coefficient (Wildman–Crippen LogP) is 2.02. The highest BCUT2D eigenvalue weighted by atomic mass is 35.5. The summed E-state index contributed by atoms with van der Waals surface area (Å²) in [6.45, 7) is 0. The van der Waals surface area contributed by atoms with Gasteiger partial charge in [-0.05, 0) is 30.5 Å². The molecule has 0 bridgehead atoms. The second-order valence-electron chi connectivity index (χ2n) is 4.22. The maximum Gasteiger partial charge on any atom is 0.337 e. The number of benzene rings is 1. The van der Waals surface area contributed by atoms with Crippen LogP contribution in [0.5, 0.6) is 0 Å². The highest BCUT2D eigenvalue weighted by Crippen LogP contribution is 2.56. The Morgan fingerprint density at radius 1 is 1.44 bits per heavy atom. The molecule has 2 aliphatic rings. The van der Waals surface area contributed by atoms with E-state index in [2.05, 4.69) is 5.32 Å². The first-order valence-electron chi connectivity index (χ1n) is 4.93. The largest absolute Gasteiger partial charge is 0.478 e. The fourth-order valence-corrected chi connectivity index (χ4v) is 2.48. The second kappa shape index (κ2) is 2.77. The van der Waals surface area contributed by atoms with Gasteiger partial charge >= 0.3 is 5.97 Å². The van der Waals surface area contributed by atoms with Crippen LogP contribution in [0.4, 0.5) is 5.69 Å². The van der Waals surface area contributed by atoms with Crippen LogP contribution >= 0.6 is 11.6 Å². The Labute approximate surface area is 96.2 Å². The number of hydrogen-bond acceptors (Lipinski definition) is 2. The molecule has 4 nitrogen and oxygen atoms in total. The number of halogens is 1. The predicted molar refractivity (Wildman–Crippen MR) is 58.0 cm³/mol. The summed E-state index contributed by atoms with van der Waals surface area (Å²) < 4.78 is 0. The number of carboxylic acid groups (broad SMARTS) is 1. The van der Waals surface area contributed by atoms with E-state index >= 15 is 0 Å². The van der Waals surface area contributed by atoms with Crippen molar-refractivity contribution in [3.05, 3.63) is 28.3 Å². The third-order valence-electron chi connectivity index (χ3n) is 3.27. The number of carbonyl (C=O) groups excluding carboxylic acids is 1. The van der Waals surface area contributed by atoms with Crippen molar-refractivity contribution < 1.29 is 14.7 Å². The molecule has 0 radical (unpaired) electrons. The van der Waals surface area contributed by atoms with Gasteiger partial charge in [0, 0.05) is 5.02 Å². The van der Waals surface area contributed by atoms with Crippen LogP contribution in [-0.2, 0) is 10.2 Å². The lowest BCUT2D eigenvalue weighted by Gasteiger charge is -2.06. The summed E-state index contributed by atoms with van der Waals surface area (Å²) >= 11 is 5.87. The van der Waals surface area contributed by atoms with Crippen molar-refractivity contribution in [1.82, 2.24) is 0 Å². The van der Waals surface area contributed by atoms with Gasteiger partial charge in [0.15, 0.2) is 0 Å². The van der Waals surface area contributed by atoms with Crippen molar-refractivity contribution in [2.75, 3.05) is 5.32 Å². The Bertz CT molecular complexity index is 534. The summed E-state index contributed by atoms with van der Waals surface area (Å²) in [6.07, 6.45) is 1.54. The Hall–Kier alpha value is -1.55. The van der Waals surface area contributed by atoms with Gasteiger partial charge in [0.05, 0.1) is 16.7 Å². The van der Waals surface area contributed by atoms with Crippen LogP contribution in [0, 0.1) is 0 Å². The summed E-state index contributed by atoms with van der Waals surface area (Å²) in [5.74, 6) is -1.18. The van der Waals surface area contributed by atoms with Gasteiger partial charge in [-0.25, -0.2) is 4.79 Å². The van der Waals surface area contributed by atoms with Gasteiger partial charge < -0.3 is 10.4 Å². The van der Waals surface area contributed by atoms with E-state index in [1.807, 2.05) is 0 Å². The molecule has 1 heterocycles. The molecule has 1 spiro atoms. The van der Waals surface area contributed by atoms with Crippen molar-refractivity contribution in [3.63, 3.8) is 0 Å². The van der Waals surface area contributed by atoms with Gasteiger partial charge in [0.25, 0.3) is 0 Å². The maximum atomic E-state index is 11.8. The zero-order valence-corrected chi connectivity index (χ0v) is 8.97. The second-order valence-corrected chi connectivity index (χ2v) is 4.65. The monoisotopic (exact) mass is 237 g/mol. The normalized spacial score (nSPS) is 19.4. The molecule has 1 aromatic rings. The minimum absolute atomic E-state index is 0.0691. The number of rotatable bonds is 1. The molecule has 2 N–H and O–H groups in total. The molecule has 1 amide bonds. The highest BCUT2D eigenvalue weighted by molar-refractivity contribution is 6.31. The molecule has 0 unspecified atom stereocenters. The van der Waals surface area contributed by atoms with Crippen LogP contribution in [0.3, 0.4) is 0 Å². The third-order valence-corrected chi connectivity index (χ3v) is 3.49. The van der Waals surface area contributed by atoms with Crippen LogP contribution in [0.25, 0.3) is 0 Å². The lowest BCUT2D eigenvalue weighted by Crippen LogP contribution is -2.18. The molecule has 82 valence electrons. The van der Waals surface area contributed by atoms with Crippen LogP contribution < -0.4 is 5.32 Å². The van der Waals surface area contributed by atoms with Crippen LogP contribution in [-0.4, -0.2) is 17.0 Å². The zero-order chi connectivity index (χ0) is 11.5. The number of carbonyl (C=O) groups is 2. The van der Waals surface area contributed by atoms with Crippen molar-refractivity contribution in [2.24, 2.45) is 0 Å². The summed E-state index contributed by atoms with van der Waals surface area (Å²) in [6, 6.07) is 3.05. The Morgan fingerprint density at radius 3 is 2.69 bits per heavy atom. The van der Waals surface area contributed by atoms with E-state index < -0.39 is 11.4 Å². The number of nitrogens with one attached hydrogen (secondary N) is 1. The Balaban J connectivity index is 2.28. The van der Waals surface area contributed by atoms with E-state index in [4.69, 9.17) is 16.7 Å². The van der Waals surface area contributed by atoms with E-state index in [0.717, 1.165) is 18.4 Å². The van der Waals surface area contributed by atoms with Gasteiger partial charge in [0.2, 0.25) is 5.91 Å². The summed E-state index contributed by atoms with van der Waals surface area (Å²) in [5.41, 5.74) is 0.728. The van der Waals surface area contributed by atoms with Crippen molar-refractivity contribution in [1.29, 1.82) is 0 Å². The van der Waals surface area contributed by atoms with E-state index in [9.17, 15) is 9.59 Å². The molecule has 0 atom stereocenters. The Morgan fingerprint density at radius 2 is 2.12 bits per heavy atom. The number of hydrogen-bond donors (Lipinski definition) is 2. The standard InChI is InChI=1S/C11H8ClNO3/c12-5-3-6(9(14)15)8-7(4-5)11(1-2-11)10(16)13-8/h3-4H,1-2H2,(H,13,16)(H,14,15).